The van der Waals surface area contributed by atoms with Crippen LogP contribution in [0.15, 0.2) is 70.2 Å². The Balaban J connectivity index is 1.45. The second-order valence-corrected chi connectivity index (χ2v) is 8.17. The Morgan fingerprint density at radius 2 is 1.74 bits per heavy atom. The summed E-state index contributed by atoms with van der Waals surface area (Å²) < 4.78 is 16.9. The van der Waals surface area contributed by atoms with Crippen LogP contribution < -0.4 is 14.9 Å². The number of hydrogen-bond acceptors (Lipinski definition) is 9. The van der Waals surface area contributed by atoms with E-state index in [0.717, 1.165) is 0 Å². The summed E-state index contributed by atoms with van der Waals surface area (Å²) in [6.07, 6.45) is 1.35. The van der Waals surface area contributed by atoms with Crippen LogP contribution in [0.4, 0.5) is 11.4 Å². The van der Waals surface area contributed by atoms with Crippen molar-refractivity contribution in [3.05, 3.63) is 103 Å². The van der Waals surface area contributed by atoms with Crippen LogP contribution in [0.3, 0.4) is 0 Å². The zero-order valence-electron chi connectivity index (χ0n) is 19.8. The van der Waals surface area contributed by atoms with Crippen molar-refractivity contribution in [2.75, 3.05) is 6.61 Å². The van der Waals surface area contributed by atoms with Crippen LogP contribution in [0.2, 0.25) is 5.02 Å². The summed E-state index contributed by atoms with van der Waals surface area (Å²) >= 11 is 6.41. The van der Waals surface area contributed by atoms with Crippen molar-refractivity contribution in [1.29, 1.82) is 0 Å². The first-order valence-corrected chi connectivity index (χ1v) is 11.5. The van der Waals surface area contributed by atoms with E-state index in [1.807, 2.05) is 0 Å². The molecule has 0 unspecified atom stereocenters. The summed E-state index contributed by atoms with van der Waals surface area (Å²) in [5.41, 5.74) is 3.70. The van der Waals surface area contributed by atoms with Crippen molar-refractivity contribution in [3.8, 4) is 11.5 Å². The highest BCUT2D eigenvalue weighted by atomic mass is 35.5. The topological polar surface area (TPSA) is 159 Å². The summed E-state index contributed by atoms with van der Waals surface area (Å²) in [7, 11) is 0. The van der Waals surface area contributed by atoms with Gasteiger partial charge in [-0.05, 0) is 54.4 Å². The third-order valence-electron chi connectivity index (χ3n) is 5.18. The molecule has 0 spiro atoms. The summed E-state index contributed by atoms with van der Waals surface area (Å²) in [6.45, 7) is 2.21. The number of nitrogens with one attached hydrogen (secondary N) is 1. The Morgan fingerprint density at radius 3 is 2.42 bits per heavy atom. The maximum Gasteiger partial charge on any atom is 0.307 e. The van der Waals surface area contributed by atoms with E-state index in [2.05, 4.69) is 10.5 Å². The predicted octanol–water partition coefficient (Wildman–Crippen LogP) is 5.64. The molecule has 0 aliphatic carbocycles. The number of ether oxygens (including phenoxy) is 2. The molecule has 0 saturated heterocycles. The Kier molecular flexibility index (Phi) is 7.83. The van der Waals surface area contributed by atoms with E-state index in [1.165, 1.54) is 42.6 Å². The maximum atomic E-state index is 12.4. The summed E-state index contributed by atoms with van der Waals surface area (Å²) in [5, 5.41) is 26.3. The quantitative estimate of drug-likeness (QED) is 0.154. The molecule has 194 valence electrons. The second-order valence-electron chi connectivity index (χ2n) is 7.76. The van der Waals surface area contributed by atoms with Gasteiger partial charge in [0.05, 0.1) is 27.7 Å². The molecular weight excluding hydrogens is 520 g/mol. The van der Waals surface area contributed by atoms with Gasteiger partial charge in [-0.25, -0.2) is 5.43 Å². The molecule has 0 fully saturated rings. The van der Waals surface area contributed by atoms with E-state index < -0.39 is 15.8 Å². The number of carbonyl (C=O) groups excluding carboxylic acids is 1. The number of benzene rings is 3. The molecule has 0 aliphatic rings. The summed E-state index contributed by atoms with van der Waals surface area (Å²) in [5.74, 6) is -0.0991. The van der Waals surface area contributed by atoms with Crippen molar-refractivity contribution >= 4 is 46.1 Å². The van der Waals surface area contributed by atoms with Crippen LogP contribution in [-0.4, -0.2) is 28.6 Å². The van der Waals surface area contributed by atoms with Gasteiger partial charge >= 0.3 is 5.91 Å². The molecule has 4 rings (SSSR count). The average molecular weight is 539 g/mol. The molecule has 0 saturated carbocycles. The van der Waals surface area contributed by atoms with E-state index in [0.29, 0.717) is 34.5 Å². The highest BCUT2D eigenvalue weighted by Crippen LogP contribution is 2.37. The fourth-order valence-electron chi connectivity index (χ4n) is 3.41. The number of furan rings is 1. The van der Waals surface area contributed by atoms with Gasteiger partial charge in [0.25, 0.3) is 11.4 Å². The summed E-state index contributed by atoms with van der Waals surface area (Å²) in [6, 6.07) is 14.5. The monoisotopic (exact) mass is 538 g/mol. The molecule has 13 heteroatoms. The lowest BCUT2D eigenvalue weighted by atomic mass is 10.2. The Labute approximate surface area is 219 Å². The van der Waals surface area contributed by atoms with Crippen LogP contribution in [0.1, 0.15) is 28.6 Å². The zero-order chi connectivity index (χ0) is 27.2. The third kappa shape index (κ3) is 6.05. The molecule has 12 nitrogen and oxygen atoms in total. The molecule has 0 bridgehead atoms. The fourth-order valence-corrected chi connectivity index (χ4v) is 3.69. The van der Waals surface area contributed by atoms with Gasteiger partial charge in [-0.2, -0.15) is 5.10 Å². The maximum absolute atomic E-state index is 12.4. The van der Waals surface area contributed by atoms with Gasteiger partial charge in [-0.1, -0.05) is 11.6 Å². The van der Waals surface area contributed by atoms with Gasteiger partial charge in [-0.15, -0.1) is 0 Å². The number of hydrogen-bond donors (Lipinski definition) is 1. The number of halogens is 1. The van der Waals surface area contributed by atoms with Gasteiger partial charge in [0.2, 0.25) is 0 Å². The number of nitro benzene ring substituents is 2. The SMILES string of the molecule is CCOc1cc(/C=N\NC(=O)c2cc3cc([N+](=O)[O-])ccc3o2)cc(Cl)c1OCc1ccc([N+](=O)[O-])cc1. The molecule has 1 heterocycles. The van der Waals surface area contributed by atoms with E-state index in [4.69, 9.17) is 25.5 Å². The summed E-state index contributed by atoms with van der Waals surface area (Å²) in [4.78, 5) is 33.2. The van der Waals surface area contributed by atoms with E-state index in [9.17, 15) is 25.0 Å². The van der Waals surface area contributed by atoms with Crippen LogP contribution >= 0.6 is 11.6 Å². The number of carbonyl (C=O) groups is 1. The Morgan fingerprint density at radius 1 is 1.03 bits per heavy atom. The van der Waals surface area contributed by atoms with Gasteiger partial charge < -0.3 is 13.9 Å². The number of hydrazone groups is 1. The lowest BCUT2D eigenvalue weighted by molar-refractivity contribution is -0.385. The van der Waals surface area contributed by atoms with Crippen LogP contribution in [0, 0.1) is 20.2 Å². The van der Waals surface area contributed by atoms with Crippen molar-refractivity contribution < 1.29 is 28.5 Å². The average Bonchev–Trinajstić information content (AvgIpc) is 3.32. The van der Waals surface area contributed by atoms with Crippen LogP contribution in [0.5, 0.6) is 11.5 Å². The molecular formula is C25H19ClN4O8. The minimum absolute atomic E-state index is 0.0261. The molecule has 1 amide bonds. The van der Waals surface area contributed by atoms with Crippen LogP contribution in [0.25, 0.3) is 11.0 Å². The predicted molar refractivity (Wildman–Crippen MR) is 138 cm³/mol. The van der Waals surface area contributed by atoms with Gasteiger partial charge in [0, 0.05) is 29.7 Å². The lowest BCUT2D eigenvalue weighted by Crippen LogP contribution is -2.16. The fraction of sp³-hybridized carbons (Fsp3) is 0.120. The molecule has 38 heavy (non-hydrogen) atoms. The van der Waals surface area contributed by atoms with Crippen molar-refractivity contribution in [1.82, 2.24) is 5.43 Å². The van der Waals surface area contributed by atoms with E-state index >= 15 is 0 Å². The highest BCUT2D eigenvalue weighted by Gasteiger charge is 2.16. The van der Waals surface area contributed by atoms with E-state index in [-0.39, 0.29) is 34.5 Å². The highest BCUT2D eigenvalue weighted by molar-refractivity contribution is 6.32. The van der Waals surface area contributed by atoms with Crippen LogP contribution in [-0.2, 0) is 6.61 Å². The first-order valence-electron chi connectivity index (χ1n) is 11.1. The van der Waals surface area contributed by atoms with E-state index in [1.54, 1.807) is 31.2 Å². The largest absolute Gasteiger partial charge is 0.490 e. The van der Waals surface area contributed by atoms with Crippen molar-refractivity contribution in [3.63, 3.8) is 0 Å². The lowest BCUT2D eigenvalue weighted by Gasteiger charge is -2.14. The van der Waals surface area contributed by atoms with Crippen molar-refractivity contribution in [2.24, 2.45) is 5.10 Å². The molecule has 4 aromatic rings. The normalized spacial score (nSPS) is 11.0. The third-order valence-corrected chi connectivity index (χ3v) is 5.46. The number of nitro groups is 2. The molecule has 3 aromatic carbocycles. The molecule has 0 atom stereocenters. The number of non-ortho nitro benzene ring substituents is 2. The zero-order valence-corrected chi connectivity index (χ0v) is 20.5. The van der Waals surface area contributed by atoms with Crippen molar-refractivity contribution in [2.45, 2.75) is 13.5 Å². The molecule has 0 radical (unpaired) electrons. The minimum atomic E-state index is -0.653. The first-order chi connectivity index (χ1) is 18.2. The minimum Gasteiger partial charge on any atom is -0.490 e. The van der Waals surface area contributed by atoms with Gasteiger partial charge in [-0.3, -0.25) is 25.0 Å². The number of amides is 1. The molecule has 0 aliphatic heterocycles. The first kappa shape index (κ1) is 26.1. The number of nitrogens with zero attached hydrogens (tertiary/aromatic N) is 3. The Bertz CT molecular complexity index is 1550. The smallest absolute Gasteiger partial charge is 0.307 e. The van der Waals surface area contributed by atoms with Gasteiger partial charge in [0.1, 0.15) is 12.2 Å². The Hall–Kier alpha value is -4.97. The molecule has 1 N–H and O–H groups in total. The van der Waals surface area contributed by atoms with Gasteiger partial charge in [0.15, 0.2) is 17.3 Å². The second kappa shape index (κ2) is 11.4. The standard InChI is InChI=1S/C25H19ClN4O8/c1-2-36-22-10-16(9-20(26)24(22)37-14-15-3-5-18(6-4-15)29(32)33)13-27-28-25(31)23-12-17-11-19(30(34)35)7-8-21(17)38-23/h3-13H,2,14H2,1H3,(H,28,31)/b27-13-. The molecule has 1 aromatic heterocycles. The number of rotatable bonds is 10. The number of fused-ring (bicyclic) bond motifs is 1.